The van der Waals surface area contributed by atoms with Crippen LogP contribution in [0.25, 0.3) is 0 Å². The first kappa shape index (κ1) is 18.1. The van der Waals surface area contributed by atoms with Gasteiger partial charge < -0.3 is 20.1 Å². The maximum atomic E-state index is 12.4. The number of benzene rings is 1. The molecule has 1 amide bonds. The van der Waals surface area contributed by atoms with Crippen molar-refractivity contribution in [2.45, 2.75) is 18.9 Å². The Hall–Kier alpha value is -2.67. The van der Waals surface area contributed by atoms with Crippen LogP contribution in [0.15, 0.2) is 42.9 Å². The molecule has 26 heavy (non-hydrogen) atoms. The molecule has 0 unspecified atom stereocenters. The molecule has 0 bridgehead atoms. The molecule has 2 atom stereocenters. The number of carbonyl (C=O) groups is 1. The maximum absolute atomic E-state index is 12.4. The normalized spacial score (nSPS) is 19.4. The van der Waals surface area contributed by atoms with Gasteiger partial charge in [0.25, 0.3) is 0 Å². The summed E-state index contributed by atoms with van der Waals surface area (Å²) in [5.74, 6) is 1.58. The van der Waals surface area contributed by atoms with Gasteiger partial charge in [-0.1, -0.05) is 12.1 Å². The summed E-state index contributed by atoms with van der Waals surface area (Å²) >= 11 is 0. The number of aromatic nitrogens is 2. The topological polar surface area (TPSA) is 87.6 Å². The largest absolute Gasteiger partial charge is 0.497 e. The van der Waals surface area contributed by atoms with Crippen LogP contribution in [0.3, 0.4) is 0 Å². The zero-order valence-corrected chi connectivity index (χ0v) is 14.8. The zero-order chi connectivity index (χ0) is 18.4. The van der Waals surface area contributed by atoms with Crippen LogP contribution in [-0.2, 0) is 11.2 Å². The number of ether oxygens (including phenoxy) is 1. The van der Waals surface area contributed by atoms with E-state index in [1.54, 1.807) is 13.3 Å². The molecule has 1 aromatic carbocycles. The highest BCUT2D eigenvalue weighted by Crippen LogP contribution is 2.22. The van der Waals surface area contributed by atoms with Gasteiger partial charge in [0.15, 0.2) is 0 Å². The summed E-state index contributed by atoms with van der Waals surface area (Å²) in [5.41, 5.74) is 1.06. The number of anilines is 1. The quantitative estimate of drug-likeness (QED) is 0.771. The molecule has 1 fully saturated rings. The van der Waals surface area contributed by atoms with E-state index in [-0.39, 0.29) is 24.5 Å². The number of hydrogen-bond donors (Lipinski definition) is 2. The van der Waals surface area contributed by atoms with E-state index in [4.69, 9.17) is 4.74 Å². The average Bonchev–Trinajstić information content (AvgIpc) is 3.10. The van der Waals surface area contributed by atoms with Crippen LogP contribution < -0.4 is 15.0 Å². The molecule has 3 rings (SSSR count). The minimum atomic E-state index is -0.0900. The van der Waals surface area contributed by atoms with Crippen LogP contribution in [0.2, 0.25) is 0 Å². The van der Waals surface area contributed by atoms with Crippen molar-refractivity contribution in [2.24, 2.45) is 5.92 Å². The standard InChI is InChI=1S/C19H24N4O3/c1-26-16-4-2-3-14(9-16)5-6-19(25)22-17-11-23(10-15(17)12-24)18-7-8-20-13-21-18/h2-4,7-9,13,15,17,24H,5-6,10-12H2,1H3,(H,22,25)/t15-,17+/m0/s1. The van der Waals surface area contributed by atoms with Gasteiger partial charge in [-0.2, -0.15) is 0 Å². The minimum absolute atomic E-state index is 0.00858. The predicted molar refractivity (Wildman–Crippen MR) is 98.1 cm³/mol. The van der Waals surface area contributed by atoms with Crippen molar-refractivity contribution in [2.75, 3.05) is 31.7 Å². The van der Waals surface area contributed by atoms with E-state index >= 15 is 0 Å². The van der Waals surface area contributed by atoms with E-state index in [1.807, 2.05) is 30.3 Å². The first-order valence-electron chi connectivity index (χ1n) is 8.73. The van der Waals surface area contributed by atoms with Gasteiger partial charge in [0.2, 0.25) is 5.91 Å². The summed E-state index contributed by atoms with van der Waals surface area (Å²) in [7, 11) is 1.63. The monoisotopic (exact) mass is 356 g/mol. The Balaban J connectivity index is 1.54. The molecule has 7 heteroatoms. The molecular formula is C19H24N4O3. The van der Waals surface area contributed by atoms with Gasteiger partial charge in [-0.25, -0.2) is 9.97 Å². The summed E-state index contributed by atoms with van der Waals surface area (Å²) in [5, 5.41) is 12.7. The van der Waals surface area contributed by atoms with Crippen molar-refractivity contribution >= 4 is 11.7 Å². The Labute approximate surface area is 153 Å². The Morgan fingerprint density at radius 2 is 2.27 bits per heavy atom. The molecule has 0 radical (unpaired) electrons. The van der Waals surface area contributed by atoms with Gasteiger partial charge in [0.1, 0.15) is 17.9 Å². The van der Waals surface area contributed by atoms with Crippen molar-refractivity contribution < 1.29 is 14.6 Å². The summed E-state index contributed by atoms with van der Waals surface area (Å²) in [6, 6.07) is 9.48. The van der Waals surface area contributed by atoms with Gasteiger partial charge in [0, 0.05) is 38.2 Å². The smallest absolute Gasteiger partial charge is 0.220 e. The predicted octanol–water partition coefficient (Wildman–Crippen LogP) is 1.03. The van der Waals surface area contributed by atoms with Gasteiger partial charge in [-0.15, -0.1) is 0 Å². The third-order valence-electron chi connectivity index (χ3n) is 4.69. The van der Waals surface area contributed by atoms with Crippen LogP contribution in [0.1, 0.15) is 12.0 Å². The van der Waals surface area contributed by atoms with Crippen LogP contribution in [0.5, 0.6) is 5.75 Å². The number of nitrogens with zero attached hydrogens (tertiary/aromatic N) is 3. The first-order chi connectivity index (χ1) is 12.7. The number of aryl methyl sites for hydroxylation is 1. The van der Waals surface area contributed by atoms with E-state index in [1.165, 1.54) is 6.33 Å². The highest BCUT2D eigenvalue weighted by molar-refractivity contribution is 5.76. The summed E-state index contributed by atoms with van der Waals surface area (Å²) in [6.07, 6.45) is 4.24. The third-order valence-corrected chi connectivity index (χ3v) is 4.69. The van der Waals surface area contributed by atoms with E-state index in [0.29, 0.717) is 25.9 Å². The highest BCUT2D eigenvalue weighted by Gasteiger charge is 2.33. The lowest BCUT2D eigenvalue weighted by Crippen LogP contribution is -2.41. The van der Waals surface area contributed by atoms with Gasteiger partial charge in [0.05, 0.1) is 13.2 Å². The Morgan fingerprint density at radius 3 is 3.00 bits per heavy atom. The van der Waals surface area contributed by atoms with Crippen LogP contribution in [-0.4, -0.2) is 53.8 Å². The van der Waals surface area contributed by atoms with Crippen molar-refractivity contribution in [3.63, 3.8) is 0 Å². The molecule has 7 nitrogen and oxygen atoms in total. The molecule has 1 aliphatic heterocycles. The van der Waals surface area contributed by atoms with E-state index in [0.717, 1.165) is 17.1 Å². The lowest BCUT2D eigenvalue weighted by molar-refractivity contribution is -0.121. The molecule has 1 aliphatic rings. The van der Waals surface area contributed by atoms with Crippen molar-refractivity contribution in [3.8, 4) is 5.75 Å². The molecule has 138 valence electrons. The van der Waals surface area contributed by atoms with Gasteiger partial charge in [-0.05, 0) is 30.2 Å². The molecular weight excluding hydrogens is 332 g/mol. The van der Waals surface area contributed by atoms with Gasteiger partial charge in [-0.3, -0.25) is 4.79 Å². The van der Waals surface area contributed by atoms with Crippen molar-refractivity contribution in [3.05, 3.63) is 48.4 Å². The molecule has 0 saturated carbocycles. The van der Waals surface area contributed by atoms with Crippen LogP contribution >= 0.6 is 0 Å². The molecule has 1 saturated heterocycles. The van der Waals surface area contributed by atoms with Crippen molar-refractivity contribution in [1.82, 2.24) is 15.3 Å². The number of nitrogens with one attached hydrogen (secondary N) is 1. The number of aliphatic hydroxyl groups excluding tert-OH is 1. The van der Waals surface area contributed by atoms with Crippen molar-refractivity contribution in [1.29, 1.82) is 0 Å². The second-order valence-electron chi connectivity index (χ2n) is 6.44. The second kappa shape index (κ2) is 8.62. The Morgan fingerprint density at radius 1 is 1.38 bits per heavy atom. The van der Waals surface area contributed by atoms with E-state index in [2.05, 4.69) is 20.2 Å². The number of methoxy groups -OCH3 is 1. The number of rotatable bonds is 7. The van der Waals surface area contributed by atoms with E-state index in [9.17, 15) is 9.90 Å². The summed E-state index contributed by atoms with van der Waals surface area (Å²) in [4.78, 5) is 22.6. The number of hydrogen-bond acceptors (Lipinski definition) is 6. The Kier molecular flexibility index (Phi) is 6.01. The molecule has 0 spiro atoms. The molecule has 2 aromatic rings. The maximum Gasteiger partial charge on any atom is 0.220 e. The van der Waals surface area contributed by atoms with E-state index < -0.39 is 0 Å². The molecule has 2 N–H and O–H groups in total. The fourth-order valence-corrected chi connectivity index (χ4v) is 3.24. The summed E-state index contributed by atoms with van der Waals surface area (Å²) < 4.78 is 5.21. The second-order valence-corrected chi connectivity index (χ2v) is 6.44. The molecule has 0 aliphatic carbocycles. The Bertz CT molecular complexity index is 726. The lowest BCUT2D eigenvalue weighted by Gasteiger charge is -2.18. The highest BCUT2D eigenvalue weighted by atomic mass is 16.5. The first-order valence-corrected chi connectivity index (χ1v) is 8.73. The number of aliphatic hydroxyl groups is 1. The van der Waals surface area contributed by atoms with Gasteiger partial charge >= 0.3 is 0 Å². The minimum Gasteiger partial charge on any atom is -0.497 e. The average molecular weight is 356 g/mol. The zero-order valence-electron chi connectivity index (χ0n) is 14.8. The number of amides is 1. The molecule has 1 aromatic heterocycles. The summed E-state index contributed by atoms with van der Waals surface area (Å²) in [6.45, 7) is 1.32. The fourth-order valence-electron chi connectivity index (χ4n) is 3.24. The molecule has 2 heterocycles. The van der Waals surface area contributed by atoms with Crippen LogP contribution in [0, 0.1) is 5.92 Å². The van der Waals surface area contributed by atoms with Crippen LogP contribution in [0.4, 0.5) is 5.82 Å². The lowest BCUT2D eigenvalue weighted by atomic mass is 10.0. The fraction of sp³-hybridized carbons (Fsp3) is 0.421. The SMILES string of the molecule is COc1cccc(CCC(=O)N[C@@H]2CN(c3ccncn3)C[C@H]2CO)c1. The third kappa shape index (κ3) is 4.49. The number of carbonyl (C=O) groups excluding carboxylic acids is 1.